The molecule has 22 heavy (non-hydrogen) atoms. The minimum atomic E-state index is -0.714. The van der Waals surface area contributed by atoms with Crippen molar-refractivity contribution in [3.8, 4) is 11.3 Å². The molecule has 6 nitrogen and oxygen atoms in total. The van der Waals surface area contributed by atoms with E-state index in [2.05, 4.69) is 10.5 Å². The molecule has 0 saturated carbocycles. The van der Waals surface area contributed by atoms with Crippen LogP contribution in [0.2, 0.25) is 0 Å². The van der Waals surface area contributed by atoms with Gasteiger partial charge in [-0.2, -0.15) is 0 Å². The van der Waals surface area contributed by atoms with Gasteiger partial charge < -0.3 is 14.6 Å². The number of carbonyl (C=O) groups is 2. The molecule has 1 aromatic carbocycles. The van der Waals surface area contributed by atoms with Crippen LogP contribution < -0.4 is 5.32 Å². The van der Waals surface area contributed by atoms with Crippen LogP contribution in [0.3, 0.4) is 0 Å². The van der Waals surface area contributed by atoms with Gasteiger partial charge in [0.2, 0.25) is 5.91 Å². The van der Waals surface area contributed by atoms with Crippen molar-refractivity contribution >= 4 is 11.9 Å². The van der Waals surface area contributed by atoms with Gasteiger partial charge in [-0.1, -0.05) is 35.5 Å². The Hall–Kier alpha value is -2.63. The van der Waals surface area contributed by atoms with Crippen LogP contribution in [0.1, 0.15) is 18.5 Å². The van der Waals surface area contributed by atoms with Crippen LogP contribution >= 0.6 is 0 Å². The van der Waals surface area contributed by atoms with Crippen molar-refractivity contribution in [2.75, 3.05) is 6.54 Å². The van der Waals surface area contributed by atoms with E-state index in [1.54, 1.807) is 6.07 Å². The van der Waals surface area contributed by atoms with E-state index in [0.29, 0.717) is 24.4 Å². The fourth-order valence-electron chi connectivity index (χ4n) is 2.36. The van der Waals surface area contributed by atoms with E-state index in [1.165, 1.54) is 0 Å². The van der Waals surface area contributed by atoms with Gasteiger partial charge in [0, 0.05) is 18.2 Å². The first-order valence-corrected chi connectivity index (χ1v) is 7.19. The average molecular weight is 300 g/mol. The second-order valence-corrected chi connectivity index (χ2v) is 5.14. The van der Waals surface area contributed by atoms with Crippen LogP contribution in [0.5, 0.6) is 0 Å². The molecule has 6 heteroatoms. The summed E-state index contributed by atoms with van der Waals surface area (Å²) in [4.78, 5) is 23.5. The molecule has 0 spiro atoms. The zero-order chi connectivity index (χ0) is 15.4. The lowest BCUT2D eigenvalue weighted by Gasteiger charge is -2.19. The second kappa shape index (κ2) is 6.43. The molecule has 1 amide bonds. The van der Waals surface area contributed by atoms with Crippen LogP contribution in [0, 0.1) is 5.92 Å². The van der Waals surface area contributed by atoms with Crippen molar-refractivity contribution in [1.29, 1.82) is 0 Å². The number of rotatable bonds is 4. The maximum Gasteiger partial charge on any atom is 0.318 e. The molecule has 0 radical (unpaired) electrons. The summed E-state index contributed by atoms with van der Waals surface area (Å²) in [5.74, 6) is -0.876. The van der Waals surface area contributed by atoms with Gasteiger partial charge in [0.1, 0.15) is 18.2 Å². The largest absolute Gasteiger partial charge is 0.458 e. The molecule has 2 heterocycles. The van der Waals surface area contributed by atoms with E-state index in [-0.39, 0.29) is 12.5 Å². The summed E-state index contributed by atoms with van der Waals surface area (Å²) in [5, 5.41) is 6.54. The fraction of sp³-hybridized carbons (Fsp3) is 0.312. The summed E-state index contributed by atoms with van der Waals surface area (Å²) in [5.41, 5.74) is 1.42. The molecule has 1 aliphatic heterocycles. The molecule has 1 atom stereocenters. The van der Waals surface area contributed by atoms with Crippen LogP contribution in [0.15, 0.2) is 40.9 Å². The number of nitrogens with zero attached hydrogens (tertiary/aromatic N) is 1. The molecule has 1 unspecified atom stereocenters. The fourth-order valence-corrected chi connectivity index (χ4v) is 2.36. The highest BCUT2D eigenvalue weighted by Gasteiger charge is 2.30. The number of nitrogens with one attached hydrogen (secondary N) is 1. The summed E-state index contributed by atoms with van der Waals surface area (Å²) in [6.07, 6.45) is 1.31. The Kier molecular flexibility index (Phi) is 4.18. The van der Waals surface area contributed by atoms with Crippen molar-refractivity contribution in [2.45, 2.75) is 19.4 Å². The van der Waals surface area contributed by atoms with E-state index in [1.807, 2.05) is 30.3 Å². The molecule has 0 bridgehead atoms. The van der Waals surface area contributed by atoms with E-state index in [0.717, 1.165) is 12.0 Å². The van der Waals surface area contributed by atoms with Gasteiger partial charge in [-0.3, -0.25) is 9.59 Å². The van der Waals surface area contributed by atoms with E-state index < -0.39 is 11.9 Å². The number of carbonyl (C=O) groups excluding carboxylic acids is 2. The predicted octanol–water partition coefficient (Wildman–Crippen LogP) is 1.91. The average Bonchev–Trinajstić information content (AvgIpc) is 3.03. The Morgan fingerprint density at radius 3 is 2.95 bits per heavy atom. The van der Waals surface area contributed by atoms with Crippen molar-refractivity contribution in [1.82, 2.24) is 10.5 Å². The first-order chi connectivity index (χ1) is 10.7. The first kappa shape index (κ1) is 14.3. The number of benzene rings is 1. The van der Waals surface area contributed by atoms with Gasteiger partial charge in [-0.25, -0.2) is 0 Å². The normalized spacial score (nSPS) is 17.8. The monoisotopic (exact) mass is 300 g/mol. The van der Waals surface area contributed by atoms with Crippen LogP contribution in [-0.4, -0.2) is 23.6 Å². The molecular weight excluding hydrogens is 284 g/mol. The van der Waals surface area contributed by atoms with Gasteiger partial charge in [0.15, 0.2) is 5.76 Å². The highest BCUT2D eigenvalue weighted by molar-refractivity contribution is 5.98. The van der Waals surface area contributed by atoms with E-state index in [9.17, 15) is 9.59 Å². The first-order valence-electron chi connectivity index (χ1n) is 7.19. The van der Waals surface area contributed by atoms with Gasteiger partial charge in [-0.15, -0.1) is 0 Å². The van der Waals surface area contributed by atoms with E-state index in [4.69, 9.17) is 9.26 Å². The zero-order valence-electron chi connectivity index (χ0n) is 12.0. The molecule has 1 aromatic heterocycles. The highest BCUT2D eigenvalue weighted by atomic mass is 16.5. The van der Waals surface area contributed by atoms with Gasteiger partial charge in [0.05, 0.1) is 0 Å². The number of piperidine rings is 1. The summed E-state index contributed by atoms with van der Waals surface area (Å²) >= 11 is 0. The minimum absolute atomic E-state index is 0.00104. The summed E-state index contributed by atoms with van der Waals surface area (Å²) in [7, 11) is 0. The Morgan fingerprint density at radius 2 is 2.18 bits per heavy atom. The Balaban J connectivity index is 1.59. The number of amides is 1. The highest BCUT2D eigenvalue weighted by Crippen LogP contribution is 2.20. The summed E-state index contributed by atoms with van der Waals surface area (Å²) in [6, 6.07) is 11.3. The second-order valence-electron chi connectivity index (χ2n) is 5.14. The molecule has 1 aliphatic rings. The summed E-state index contributed by atoms with van der Waals surface area (Å²) in [6.45, 7) is 0.616. The zero-order valence-corrected chi connectivity index (χ0v) is 12.0. The Bertz CT molecular complexity index is 666. The van der Waals surface area contributed by atoms with Crippen molar-refractivity contribution < 1.29 is 18.8 Å². The lowest BCUT2D eigenvalue weighted by atomic mass is 9.99. The van der Waals surface area contributed by atoms with Crippen molar-refractivity contribution in [3.63, 3.8) is 0 Å². The van der Waals surface area contributed by atoms with Gasteiger partial charge in [-0.05, 0) is 12.8 Å². The lowest BCUT2D eigenvalue weighted by Crippen LogP contribution is -2.41. The topological polar surface area (TPSA) is 81.4 Å². The molecule has 3 rings (SSSR count). The number of aromatic nitrogens is 1. The molecule has 114 valence electrons. The lowest BCUT2D eigenvalue weighted by molar-refractivity contribution is -0.155. The number of hydrogen-bond donors (Lipinski definition) is 1. The Labute approximate surface area is 127 Å². The SMILES string of the molecule is O=C1NCCCC1C(=O)OCc1cc(-c2ccccc2)on1. The Morgan fingerprint density at radius 1 is 1.36 bits per heavy atom. The third-order valence-electron chi connectivity index (χ3n) is 3.55. The molecule has 2 aromatic rings. The molecule has 1 N–H and O–H groups in total. The van der Waals surface area contributed by atoms with Crippen LogP contribution in [0.4, 0.5) is 0 Å². The molecule has 1 fully saturated rings. The van der Waals surface area contributed by atoms with E-state index >= 15 is 0 Å². The maximum atomic E-state index is 11.9. The smallest absolute Gasteiger partial charge is 0.318 e. The van der Waals surface area contributed by atoms with Crippen molar-refractivity contribution in [3.05, 3.63) is 42.1 Å². The standard InChI is InChI=1S/C16H16N2O4/c19-15-13(7-4-8-17-15)16(20)21-10-12-9-14(22-18-12)11-5-2-1-3-6-11/h1-3,5-6,9,13H,4,7-8,10H2,(H,17,19). The molecular formula is C16H16N2O4. The predicted molar refractivity (Wildman–Crippen MR) is 77.5 cm³/mol. The minimum Gasteiger partial charge on any atom is -0.458 e. The van der Waals surface area contributed by atoms with Gasteiger partial charge in [0.25, 0.3) is 0 Å². The number of ether oxygens (including phenoxy) is 1. The summed E-state index contributed by atoms with van der Waals surface area (Å²) < 4.78 is 10.4. The number of esters is 1. The van der Waals surface area contributed by atoms with Crippen molar-refractivity contribution in [2.24, 2.45) is 5.92 Å². The maximum absolute atomic E-state index is 11.9. The molecule has 0 aliphatic carbocycles. The van der Waals surface area contributed by atoms with Gasteiger partial charge >= 0.3 is 5.97 Å². The third-order valence-corrected chi connectivity index (χ3v) is 3.55. The number of hydrogen-bond acceptors (Lipinski definition) is 5. The molecule has 1 saturated heterocycles. The van der Waals surface area contributed by atoms with Crippen LogP contribution in [0.25, 0.3) is 11.3 Å². The quantitative estimate of drug-likeness (QED) is 0.689. The van der Waals surface area contributed by atoms with Crippen LogP contribution in [-0.2, 0) is 20.9 Å². The third kappa shape index (κ3) is 3.16.